The lowest BCUT2D eigenvalue weighted by atomic mass is 9.84. The van der Waals surface area contributed by atoms with Crippen LogP contribution in [-0.2, 0) is 4.79 Å². The third-order valence-electron chi connectivity index (χ3n) is 4.08. The molecule has 7 nitrogen and oxygen atoms in total. The van der Waals surface area contributed by atoms with E-state index in [4.69, 9.17) is 0 Å². The molecule has 8 heteroatoms. The maximum atomic E-state index is 12.4. The summed E-state index contributed by atoms with van der Waals surface area (Å²) in [5.74, 6) is -0.321. The fourth-order valence-corrected chi connectivity index (χ4v) is 3.87. The molecule has 0 bridgehead atoms. The van der Waals surface area contributed by atoms with E-state index in [0.717, 1.165) is 11.1 Å². The molecule has 1 aliphatic heterocycles. The second-order valence-corrected chi connectivity index (χ2v) is 6.79. The fourth-order valence-electron chi connectivity index (χ4n) is 2.46. The van der Waals surface area contributed by atoms with E-state index in [1.807, 2.05) is 37.3 Å². The number of carbonyl (C=O) groups is 2. The zero-order chi connectivity index (χ0) is 17.7. The molecule has 1 N–H and O–H groups in total. The SMILES string of the molecule is CCC1(C)C(=O)NC(=O)N(CC=C[N+](=O)[O-])C1Sc1ccccc1. The van der Waals surface area contributed by atoms with E-state index < -0.39 is 21.7 Å². The van der Waals surface area contributed by atoms with Crippen LogP contribution in [0.5, 0.6) is 0 Å². The van der Waals surface area contributed by atoms with Crippen LogP contribution in [0.2, 0.25) is 0 Å². The quantitative estimate of drug-likeness (QED) is 0.630. The summed E-state index contributed by atoms with van der Waals surface area (Å²) in [7, 11) is 0. The minimum absolute atomic E-state index is 0.0557. The van der Waals surface area contributed by atoms with Gasteiger partial charge in [-0.3, -0.25) is 20.2 Å². The molecular formula is C16H19N3O4S. The van der Waals surface area contributed by atoms with Crippen molar-refractivity contribution in [3.8, 4) is 0 Å². The molecule has 1 saturated heterocycles. The maximum Gasteiger partial charge on any atom is 0.325 e. The number of benzene rings is 1. The van der Waals surface area contributed by atoms with Crippen molar-refractivity contribution in [1.29, 1.82) is 0 Å². The highest BCUT2D eigenvalue weighted by molar-refractivity contribution is 8.00. The second-order valence-electron chi connectivity index (χ2n) is 5.64. The van der Waals surface area contributed by atoms with E-state index in [-0.39, 0.29) is 12.5 Å². The summed E-state index contributed by atoms with van der Waals surface area (Å²) < 4.78 is 0. The summed E-state index contributed by atoms with van der Waals surface area (Å²) >= 11 is 1.41. The van der Waals surface area contributed by atoms with Crippen molar-refractivity contribution < 1.29 is 14.5 Å². The summed E-state index contributed by atoms with van der Waals surface area (Å²) in [5.41, 5.74) is -0.795. The van der Waals surface area contributed by atoms with Gasteiger partial charge in [0, 0.05) is 17.5 Å². The number of imide groups is 1. The smallest absolute Gasteiger partial charge is 0.307 e. The van der Waals surface area contributed by atoms with Crippen LogP contribution in [0.25, 0.3) is 0 Å². The summed E-state index contributed by atoms with van der Waals surface area (Å²) in [6.07, 6.45) is 2.65. The predicted octanol–water partition coefficient (Wildman–Crippen LogP) is 2.86. The van der Waals surface area contributed by atoms with Crippen molar-refractivity contribution in [3.05, 3.63) is 52.7 Å². The van der Waals surface area contributed by atoms with Crippen molar-refractivity contribution in [2.24, 2.45) is 5.41 Å². The van der Waals surface area contributed by atoms with Crippen molar-refractivity contribution in [2.45, 2.75) is 30.5 Å². The summed E-state index contributed by atoms with van der Waals surface area (Å²) in [5, 5.41) is 12.4. The van der Waals surface area contributed by atoms with Gasteiger partial charge in [-0.05, 0) is 25.5 Å². The van der Waals surface area contributed by atoms with Crippen molar-refractivity contribution in [1.82, 2.24) is 10.2 Å². The van der Waals surface area contributed by atoms with Crippen LogP contribution in [0, 0.1) is 15.5 Å². The van der Waals surface area contributed by atoms with Gasteiger partial charge in [0.15, 0.2) is 0 Å². The first-order valence-electron chi connectivity index (χ1n) is 7.52. The molecule has 1 aromatic carbocycles. The molecule has 2 atom stereocenters. The monoisotopic (exact) mass is 349 g/mol. The third kappa shape index (κ3) is 3.76. The Morgan fingerprint density at radius 2 is 2.04 bits per heavy atom. The van der Waals surface area contributed by atoms with Crippen molar-refractivity contribution >= 4 is 23.7 Å². The zero-order valence-corrected chi connectivity index (χ0v) is 14.3. The van der Waals surface area contributed by atoms with Crippen molar-refractivity contribution in [2.75, 3.05) is 6.54 Å². The molecule has 1 fully saturated rings. The van der Waals surface area contributed by atoms with Crippen LogP contribution in [0.15, 0.2) is 47.5 Å². The standard InChI is InChI=1S/C16H19N3O4S/c1-3-16(2)13(20)17-15(21)18(10-7-11-19(22)23)14(16)24-12-8-5-4-6-9-12/h4-9,11,14H,3,10H2,1-2H3,(H,17,20,21). The summed E-state index contributed by atoms with van der Waals surface area (Å²) in [4.78, 5) is 36.9. The molecule has 0 spiro atoms. The maximum absolute atomic E-state index is 12.4. The molecule has 0 aromatic heterocycles. The molecule has 128 valence electrons. The molecule has 0 aliphatic carbocycles. The number of nitrogens with one attached hydrogen (secondary N) is 1. The van der Waals surface area contributed by atoms with Crippen LogP contribution in [0.4, 0.5) is 4.79 Å². The molecule has 1 aromatic rings. The van der Waals surface area contributed by atoms with Crippen LogP contribution in [0.3, 0.4) is 0 Å². The van der Waals surface area contributed by atoms with E-state index in [9.17, 15) is 19.7 Å². The molecular weight excluding hydrogens is 330 g/mol. The second kappa shape index (κ2) is 7.48. The topological polar surface area (TPSA) is 92.6 Å². The largest absolute Gasteiger partial charge is 0.325 e. The summed E-state index contributed by atoms with van der Waals surface area (Å²) in [6, 6.07) is 8.93. The number of nitro groups is 1. The number of urea groups is 1. The molecule has 0 radical (unpaired) electrons. The Morgan fingerprint density at radius 1 is 1.38 bits per heavy atom. The van der Waals surface area contributed by atoms with E-state index in [0.29, 0.717) is 6.42 Å². The van der Waals surface area contributed by atoms with E-state index in [1.54, 1.807) is 6.92 Å². The molecule has 1 aliphatic rings. The normalized spacial score (nSPS) is 24.2. The average Bonchev–Trinajstić information content (AvgIpc) is 2.55. The minimum Gasteiger partial charge on any atom is -0.307 e. The van der Waals surface area contributed by atoms with Gasteiger partial charge in [-0.1, -0.05) is 36.9 Å². The lowest BCUT2D eigenvalue weighted by molar-refractivity contribution is -0.402. The van der Waals surface area contributed by atoms with Gasteiger partial charge in [0.05, 0.1) is 15.7 Å². The molecule has 1 heterocycles. The third-order valence-corrected chi connectivity index (χ3v) is 5.63. The van der Waals surface area contributed by atoms with E-state index in [2.05, 4.69) is 5.32 Å². The Kier molecular flexibility index (Phi) is 5.61. The predicted molar refractivity (Wildman–Crippen MR) is 90.9 cm³/mol. The van der Waals surface area contributed by atoms with Gasteiger partial charge in [-0.15, -0.1) is 0 Å². The Balaban J connectivity index is 2.34. The Labute approximate surface area is 144 Å². The summed E-state index contributed by atoms with van der Waals surface area (Å²) in [6.45, 7) is 3.75. The number of thioether (sulfide) groups is 1. The van der Waals surface area contributed by atoms with Gasteiger partial charge in [0.2, 0.25) is 12.1 Å². The van der Waals surface area contributed by atoms with Crippen molar-refractivity contribution in [3.63, 3.8) is 0 Å². The Hall–Kier alpha value is -2.35. The first kappa shape index (κ1) is 18.0. The van der Waals surface area contributed by atoms with Crippen LogP contribution in [0.1, 0.15) is 20.3 Å². The molecule has 3 amide bonds. The first-order valence-corrected chi connectivity index (χ1v) is 8.40. The minimum atomic E-state index is -0.795. The highest BCUT2D eigenvalue weighted by Gasteiger charge is 2.49. The van der Waals surface area contributed by atoms with E-state index >= 15 is 0 Å². The Bertz CT molecular complexity index is 665. The number of nitrogens with zero attached hydrogens (tertiary/aromatic N) is 2. The molecule has 24 heavy (non-hydrogen) atoms. The lowest BCUT2D eigenvalue weighted by Crippen LogP contribution is -2.63. The lowest BCUT2D eigenvalue weighted by Gasteiger charge is -2.45. The fraction of sp³-hybridized carbons (Fsp3) is 0.375. The van der Waals surface area contributed by atoms with Gasteiger partial charge in [-0.25, -0.2) is 4.79 Å². The van der Waals surface area contributed by atoms with Gasteiger partial charge >= 0.3 is 6.03 Å². The first-order chi connectivity index (χ1) is 11.4. The number of amides is 3. The van der Waals surface area contributed by atoms with Gasteiger partial charge in [0.25, 0.3) is 0 Å². The van der Waals surface area contributed by atoms with Gasteiger partial charge in [-0.2, -0.15) is 0 Å². The van der Waals surface area contributed by atoms with Crippen LogP contribution < -0.4 is 5.32 Å². The number of carbonyl (C=O) groups excluding carboxylic acids is 2. The number of rotatable bonds is 6. The highest BCUT2D eigenvalue weighted by Crippen LogP contribution is 2.42. The van der Waals surface area contributed by atoms with Crippen LogP contribution >= 0.6 is 11.8 Å². The molecule has 2 unspecified atom stereocenters. The highest BCUT2D eigenvalue weighted by atomic mass is 32.2. The molecule has 2 rings (SSSR count). The van der Waals surface area contributed by atoms with Crippen LogP contribution in [-0.4, -0.2) is 33.7 Å². The molecule has 0 saturated carbocycles. The van der Waals surface area contributed by atoms with E-state index in [1.165, 1.54) is 22.7 Å². The number of hydrogen-bond donors (Lipinski definition) is 1. The average molecular weight is 349 g/mol. The Morgan fingerprint density at radius 3 is 2.62 bits per heavy atom. The van der Waals surface area contributed by atoms with Gasteiger partial charge in [0.1, 0.15) is 0 Å². The number of hydrogen-bond acceptors (Lipinski definition) is 5. The van der Waals surface area contributed by atoms with Gasteiger partial charge < -0.3 is 4.90 Å². The zero-order valence-electron chi connectivity index (χ0n) is 13.5.